The molecule has 0 aliphatic rings. The number of benzene rings is 1. The molecule has 0 aliphatic carbocycles. The molecule has 1 radical (unpaired) electrons. The van der Waals surface area contributed by atoms with E-state index in [4.69, 9.17) is 5.14 Å². The quantitative estimate of drug-likeness (QED) is 0.660. The van der Waals surface area contributed by atoms with E-state index in [2.05, 4.69) is 0 Å². The van der Waals surface area contributed by atoms with Crippen LogP contribution in [0.2, 0.25) is 0 Å². The molecule has 0 saturated carbocycles. The van der Waals surface area contributed by atoms with Gasteiger partial charge in [-0.1, -0.05) is 12.1 Å². The Balaban J connectivity index is 3.43. The molecule has 1 aromatic rings. The largest absolute Gasteiger partial charge is 0.254 e. The molecule has 0 bridgehead atoms. The van der Waals surface area contributed by atoms with Crippen molar-refractivity contribution in [3.8, 4) is 0 Å². The van der Waals surface area contributed by atoms with Crippen LogP contribution in [0.4, 0.5) is 0 Å². The second kappa shape index (κ2) is 2.88. The van der Waals surface area contributed by atoms with E-state index in [0.717, 1.165) is 5.56 Å². The minimum Gasteiger partial charge on any atom is -0.206 e. The lowest BCUT2D eigenvalue weighted by Gasteiger charge is -2.02. The van der Waals surface area contributed by atoms with Crippen molar-refractivity contribution in [2.24, 2.45) is 0 Å². The molecule has 4 heteroatoms. The summed E-state index contributed by atoms with van der Waals surface area (Å²) in [5, 5.41) is 6.88. The zero-order valence-corrected chi connectivity index (χ0v) is 7.77. The van der Waals surface area contributed by atoms with Gasteiger partial charge < -0.3 is 0 Å². The highest BCUT2D eigenvalue weighted by molar-refractivity contribution is 7.88. The smallest absolute Gasteiger partial charge is 0.206 e. The fourth-order valence-corrected chi connectivity index (χ4v) is 1.83. The third kappa shape index (κ3) is 1.84. The Morgan fingerprint density at radius 1 is 1.25 bits per heavy atom. The van der Waals surface area contributed by atoms with E-state index in [1.54, 1.807) is 19.9 Å². The first kappa shape index (κ1) is 9.22. The molecule has 0 aliphatic heterocycles. The van der Waals surface area contributed by atoms with Crippen LogP contribution < -0.4 is 5.14 Å². The molecular formula is C8H10NO2S. The zero-order chi connectivity index (χ0) is 9.35. The van der Waals surface area contributed by atoms with Gasteiger partial charge in [-0.25, -0.2) is 8.42 Å². The minimum absolute atomic E-state index is 0.0995. The van der Waals surface area contributed by atoms with Crippen LogP contribution in [0.1, 0.15) is 11.1 Å². The molecule has 0 amide bonds. The Morgan fingerprint density at radius 3 is 2.25 bits per heavy atom. The number of aryl methyl sites for hydroxylation is 2. The third-order valence-corrected chi connectivity index (χ3v) is 2.65. The summed E-state index contributed by atoms with van der Waals surface area (Å²) in [6.45, 7) is 3.48. The Bertz CT molecular complexity index is 396. The van der Waals surface area contributed by atoms with Crippen LogP contribution in [0.5, 0.6) is 0 Å². The van der Waals surface area contributed by atoms with Crippen molar-refractivity contribution in [2.45, 2.75) is 18.7 Å². The average Bonchev–Trinajstić information content (AvgIpc) is 1.92. The molecule has 3 nitrogen and oxygen atoms in total. The van der Waals surface area contributed by atoms with Crippen molar-refractivity contribution >= 4 is 10.0 Å². The van der Waals surface area contributed by atoms with E-state index in [1.165, 1.54) is 6.07 Å². The summed E-state index contributed by atoms with van der Waals surface area (Å²) < 4.78 is 21.7. The second-order valence-electron chi connectivity index (χ2n) is 2.77. The van der Waals surface area contributed by atoms with Gasteiger partial charge in [-0.15, -0.1) is 5.14 Å². The van der Waals surface area contributed by atoms with Gasteiger partial charge in [0.15, 0.2) is 0 Å². The number of rotatable bonds is 1. The maximum Gasteiger partial charge on any atom is 0.254 e. The Labute approximate surface area is 72.3 Å². The van der Waals surface area contributed by atoms with Gasteiger partial charge in [-0.05, 0) is 31.0 Å². The summed E-state index contributed by atoms with van der Waals surface area (Å²) in [4.78, 5) is 0.0995. The molecule has 0 spiro atoms. The summed E-state index contributed by atoms with van der Waals surface area (Å²) in [5.41, 5.74) is 1.47. The van der Waals surface area contributed by atoms with Crippen molar-refractivity contribution in [1.29, 1.82) is 0 Å². The Kier molecular flexibility index (Phi) is 2.21. The highest BCUT2D eigenvalue weighted by atomic mass is 32.2. The fraction of sp³-hybridized carbons (Fsp3) is 0.250. The fourth-order valence-electron chi connectivity index (χ4n) is 0.997. The van der Waals surface area contributed by atoms with Gasteiger partial charge in [0.25, 0.3) is 10.0 Å². The Morgan fingerprint density at radius 2 is 1.83 bits per heavy atom. The van der Waals surface area contributed by atoms with E-state index in [-0.39, 0.29) is 4.90 Å². The summed E-state index contributed by atoms with van der Waals surface area (Å²) in [6.07, 6.45) is 0. The van der Waals surface area contributed by atoms with Gasteiger partial charge in [0.1, 0.15) is 0 Å². The molecule has 0 aromatic heterocycles. The van der Waals surface area contributed by atoms with Crippen molar-refractivity contribution < 1.29 is 8.42 Å². The van der Waals surface area contributed by atoms with Crippen LogP contribution in [-0.4, -0.2) is 8.42 Å². The van der Waals surface area contributed by atoms with Gasteiger partial charge in [0.05, 0.1) is 4.90 Å². The standard InChI is InChI=1S/C8H10NO2S/c1-6-3-4-7(2)8(5-6)12(9,10)11/h3-5,9H,1-2H3. The lowest BCUT2D eigenvalue weighted by atomic mass is 10.2. The minimum atomic E-state index is -3.81. The van der Waals surface area contributed by atoms with Crippen LogP contribution in [0.15, 0.2) is 23.1 Å². The SMILES string of the molecule is Cc1ccc(C)c(S([NH])(=O)=O)c1. The molecular weight excluding hydrogens is 174 g/mol. The second-order valence-corrected chi connectivity index (χ2v) is 4.22. The third-order valence-electron chi connectivity index (χ3n) is 1.63. The van der Waals surface area contributed by atoms with Crippen LogP contribution in [0.3, 0.4) is 0 Å². The number of hydrogen-bond donors (Lipinski definition) is 0. The van der Waals surface area contributed by atoms with Gasteiger partial charge in [-0.3, -0.25) is 0 Å². The van der Waals surface area contributed by atoms with E-state index >= 15 is 0 Å². The number of hydrogen-bond acceptors (Lipinski definition) is 2. The van der Waals surface area contributed by atoms with Crippen molar-refractivity contribution in [2.75, 3.05) is 0 Å². The van der Waals surface area contributed by atoms with E-state index in [9.17, 15) is 8.42 Å². The van der Waals surface area contributed by atoms with Crippen LogP contribution in [0.25, 0.3) is 0 Å². The molecule has 0 fully saturated rings. The first-order chi connectivity index (χ1) is 5.41. The highest BCUT2D eigenvalue weighted by Gasteiger charge is 2.11. The summed E-state index contributed by atoms with van der Waals surface area (Å²) in [6, 6.07) is 5.04. The van der Waals surface area contributed by atoms with Gasteiger partial charge in [0.2, 0.25) is 0 Å². The average molecular weight is 184 g/mol. The molecule has 1 aromatic carbocycles. The van der Waals surface area contributed by atoms with E-state index in [0.29, 0.717) is 5.56 Å². The van der Waals surface area contributed by atoms with Crippen molar-refractivity contribution in [1.82, 2.24) is 5.14 Å². The zero-order valence-electron chi connectivity index (χ0n) is 6.96. The molecule has 65 valence electrons. The normalized spacial score (nSPS) is 11.6. The molecule has 1 N–H and O–H groups in total. The lowest BCUT2D eigenvalue weighted by Crippen LogP contribution is -2.03. The van der Waals surface area contributed by atoms with Gasteiger partial charge in [-0.2, -0.15) is 0 Å². The highest BCUT2D eigenvalue weighted by Crippen LogP contribution is 2.15. The molecule has 1 rings (SSSR count). The van der Waals surface area contributed by atoms with Crippen LogP contribution in [0, 0.1) is 13.8 Å². The maximum absolute atomic E-state index is 10.9. The van der Waals surface area contributed by atoms with Crippen molar-refractivity contribution in [3.05, 3.63) is 29.3 Å². The predicted octanol–water partition coefficient (Wildman–Crippen LogP) is 1.28. The van der Waals surface area contributed by atoms with E-state index in [1.807, 2.05) is 6.07 Å². The van der Waals surface area contributed by atoms with Crippen LogP contribution >= 0.6 is 0 Å². The monoisotopic (exact) mass is 184 g/mol. The topological polar surface area (TPSA) is 57.9 Å². The molecule has 12 heavy (non-hydrogen) atoms. The molecule has 0 heterocycles. The number of sulfonamides is 1. The van der Waals surface area contributed by atoms with Crippen molar-refractivity contribution in [3.63, 3.8) is 0 Å². The van der Waals surface area contributed by atoms with E-state index < -0.39 is 10.0 Å². The number of nitrogens with one attached hydrogen (secondary N) is 1. The molecule has 0 saturated heterocycles. The lowest BCUT2D eigenvalue weighted by molar-refractivity contribution is 0.595. The maximum atomic E-state index is 10.9. The first-order valence-electron chi connectivity index (χ1n) is 3.48. The summed E-state index contributed by atoms with van der Waals surface area (Å²) in [5.74, 6) is 0. The summed E-state index contributed by atoms with van der Waals surface area (Å²) in [7, 11) is -3.81. The Hall–Kier alpha value is -0.870. The first-order valence-corrected chi connectivity index (χ1v) is 4.96. The molecule has 0 atom stereocenters. The molecule has 0 unspecified atom stereocenters. The van der Waals surface area contributed by atoms with Gasteiger partial charge >= 0.3 is 0 Å². The predicted molar refractivity (Wildman–Crippen MR) is 46.2 cm³/mol. The summed E-state index contributed by atoms with van der Waals surface area (Å²) >= 11 is 0. The van der Waals surface area contributed by atoms with Gasteiger partial charge in [0, 0.05) is 0 Å². The van der Waals surface area contributed by atoms with Crippen LogP contribution in [-0.2, 0) is 10.0 Å².